The third kappa shape index (κ3) is 7.48. The van der Waals surface area contributed by atoms with Gasteiger partial charge in [0.1, 0.15) is 11.5 Å². The van der Waals surface area contributed by atoms with Crippen LogP contribution in [-0.4, -0.2) is 33.3 Å². The molecule has 6 nitrogen and oxygen atoms in total. The number of fused-ring (bicyclic) bond motifs is 1. The Bertz CT molecular complexity index is 2260. The molecule has 6 rings (SSSR count). The van der Waals surface area contributed by atoms with Crippen LogP contribution in [0, 0.1) is 27.7 Å². The molecule has 0 amide bonds. The number of hydrogen-bond acceptors (Lipinski definition) is 6. The van der Waals surface area contributed by atoms with E-state index in [1.54, 1.807) is 14.2 Å². The number of carbonyl (C=O) groups is 1. The quantitative estimate of drug-likeness (QED) is 0.0742. The summed E-state index contributed by atoms with van der Waals surface area (Å²) >= 11 is 27.6. The Kier molecular flexibility index (Phi) is 12.4. The van der Waals surface area contributed by atoms with Crippen LogP contribution in [0.3, 0.4) is 0 Å². The van der Waals surface area contributed by atoms with Crippen LogP contribution in [0.2, 0.25) is 20.1 Å². The normalized spacial score (nSPS) is 15.4. The Morgan fingerprint density at radius 1 is 0.625 bits per heavy atom. The molecule has 2 N–H and O–H groups in total. The van der Waals surface area contributed by atoms with Crippen LogP contribution in [0.25, 0.3) is 11.1 Å². The summed E-state index contributed by atoms with van der Waals surface area (Å²) in [7, 11) is 3.26. The summed E-state index contributed by atoms with van der Waals surface area (Å²) in [6.45, 7) is 13.9. The van der Waals surface area contributed by atoms with Gasteiger partial charge in [0.2, 0.25) is 0 Å². The largest absolute Gasteiger partial charge is 0.497 e. The second-order valence-corrected chi connectivity index (χ2v) is 15.2. The van der Waals surface area contributed by atoms with Gasteiger partial charge in [0.05, 0.1) is 39.9 Å². The lowest BCUT2D eigenvalue weighted by molar-refractivity contribution is 0.0300. The van der Waals surface area contributed by atoms with E-state index in [1.807, 2.05) is 60.7 Å². The molecule has 0 aliphatic carbocycles. The van der Waals surface area contributed by atoms with E-state index in [0.717, 1.165) is 80.1 Å². The molecule has 0 spiro atoms. The predicted molar refractivity (Wildman–Crippen MR) is 234 cm³/mol. The van der Waals surface area contributed by atoms with Gasteiger partial charge >= 0.3 is 5.97 Å². The van der Waals surface area contributed by atoms with E-state index in [4.69, 9.17) is 60.6 Å². The number of esters is 1. The average Bonchev–Trinajstić information content (AvgIpc) is 3.49. The molecule has 0 bridgehead atoms. The highest BCUT2D eigenvalue weighted by Crippen LogP contribution is 2.54. The lowest BCUT2D eigenvalue weighted by Gasteiger charge is -2.28. The number of hydrogen-bond donors (Lipinski definition) is 2. The van der Waals surface area contributed by atoms with E-state index in [9.17, 15) is 4.79 Å². The molecular formula is C46H44Cl4N2O4. The summed E-state index contributed by atoms with van der Waals surface area (Å²) in [5, 5.41) is 7.09. The fourth-order valence-electron chi connectivity index (χ4n) is 7.47. The van der Waals surface area contributed by atoms with E-state index in [0.29, 0.717) is 11.5 Å². The fraction of sp³-hybridized carbons (Fsp3) is 0.239. The molecular weight excluding hydrogens is 786 g/mol. The van der Waals surface area contributed by atoms with Crippen molar-refractivity contribution in [2.75, 3.05) is 37.9 Å². The highest BCUT2D eigenvalue weighted by Gasteiger charge is 2.48. The molecule has 0 saturated heterocycles. The highest BCUT2D eigenvalue weighted by molar-refractivity contribution is 6.53. The van der Waals surface area contributed by atoms with Crippen molar-refractivity contribution in [2.45, 2.75) is 47.1 Å². The number of benzene rings is 5. The molecule has 0 saturated carbocycles. The summed E-state index contributed by atoms with van der Waals surface area (Å²) in [5.41, 5.74) is 9.92. The van der Waals surface area contributed by atoms with Crippen molar-refractivity contribution in [1.29, 1.82) is 0 Å². The van der Waals surface area contributed by atoms with Crippen molar-refractivity contribution in [3.63, 3.8) is 0 Å². The van der Waals surface area contributed by atoms with Gasteiger partial charge in [-0.25, -0.2) is 4.79 Å². The van der Waals surface area contributed by atoms with Crippen molar-refractivity contribution in [3.8, 4) is 11.5 Å². The molecule has 0 aromatic heterocycles. The number of anilines is 2. The maximum Gasteiger partial charge on any atom is 0.341 e. The summed E-state index contributed by atoms with van der Waals surface area (Å²) in [5.74, 6) is 0.696. The van der Waals surface area contributed by atoms with E-state index >= 15 is 0 Å². The lowest BCUT2D eigenvalue weighted by Crippen LogP contribution is -2.23. The van der Waals surface area contributed by atoms with Gasteiger partial charge in [-0.05, 0) is 134 Å². The zero-order valence-corrected chi connectivity index (χ0v) is 35.7. The Morgan fingerprint density at radius 3 is 1.43 bits per heavy atom. The van der Waals surface area contributed by atoms with E-state index < -0.39 is 11.6 Å². The summed E-state index contributed by atoms with van der Waals surface area (Å²) in [6.07, 6.45) is 3.88. The molecule has 0 radical (unpaired) electrons. The molecule has 10 heteroatoms. The minimum atomic E-state index is -1.67. The number of nitrogens with one attached hydrogen (secondary N) is 2. The first-order valence-electron chi connectivity index (χ1n) is 18.3. The van der Waals surface area contributed by atoms with Crippen molar-refractivity contribution < 1.29 is 19.0 Å². The molecule has 0 unspecified atom stereocenters. The maximum atomic E-state index is 14.3. The topological polar surface area (TPSA) is 68.8 Å². The van der Waals surface area contributed by atoms with Crippen LogP contribution in [0.1, 0.15) is 74.3 Å². The summed E-state index contributed by atoms with van der Waals surface area (Å²) in [6, 6.07) is 23.8. The first-order chi connectivity index (χ1) is 26.8. The van der Waals surface area contributed by atoms with Crippen LogP contribution in [0.4, 0.5) is 11.4 Å². The van der Waals surface area contributed by atoms with Crippen molar-refractivity contribution in [3.05, 3.63) is 161 Å². The summed E-state index contributed by atoms with van der Waals surface area (Å²) in [4.78, 5) is 14.3. The zero-order valence-electron chi connectivity index (χ0n) is 32.6. The molecule has 56 heavy (non-hydrogen) atoms. The number of methoxy groups -OCH3 is 2. The number of halogens is 4. The predicted octanol–water partition coefficient (Wildman–Crippen LogP) is 13.0. The van der Waals surface area contributed by atoms with Crippen LogP contribution in [0.5, 0.6) is 11.5 Å². The minimum absolute atomic E-state index is 0.0143. The Hall–Kier alpha value is -4.59. The molecule has 1 heterocycles. The number of cyclic esters (lactones) is 1. The SMILES string of the molecule is CCNc1c(C)ccc(C(=CC2(C=C(c3ccc(OC)cc3)c3ccc(C)c(NCC)c3C)OC(=O)c3c(Cl)c(Cl)c(Cl)c(Cl)c32)c2ccc(OC)cc2)c1C. The first kappa shape index (κ1) is 41.1. The average molecular weight is 831 g/mol. The fourth-order valence-corrected chi connectivity index (χ4v) is 8.55. The lowest BCUT2D eigenvalue weighted by atomic mass is 9.81. The van der Waals surface area contributed by atoms with Gasteiger partial charge in [-0.2, -0.15) is 0 Å². The number of aryl methyl sites for hydroxylation is 2. The first-order valence-corrected chi connectivity index (χ1v) is 19.8. The zero-order chi connectivity index (χ0) is 40.5. The van der Waals surface area contributed by atoms with Gasteiger partial charge in [-0.1, -0.05) is 94.9 Å². The Balaban J connectivity index is 1.82. The molecule has 0 atom stereocenters. The van der Waals surface area contributed by atoms with Gasteiger partial charge in [0.15, 0.2) is 5.60 Å². The van der Waals surface area contributed by atoms with Crippen LogP contribution in [0.15, 0.2) is 84.9 Å². The summed E-state index contributed by atoms with van der Waals surface area (Å²) < 4.78 is 17.7. The molecule has 0 fully saturated rings. The van der Waals surface area contributed by atoms with Gasteiger partial charge in [0, 0.05) is 30.0 Å². The number of ether oxygens (including phenoxy) is 3. The van der Waals surface area contributed by atoms with Crippen molar-refractivity contribution >= 4 is 74.9 Å². The molecule has 5 aromatic carbocycles. The second kappa shape index (κ2) is 16.9. The van der Waals surface area contributed by atoms with Crippen LogP contribution >= 0.6 is 46.4 Å². The van der Waals surface area contributed by atoms with Crippen molar-refractivity contribution in [1.82, 2.24) is 0 Å². The van der Waals surface area contributed by atoms with Gasteiger partial charge in [-0.3, -0.25) is 0 Å². The monoisotopic (exact) mass is 828 g/mol. The van der Waals surface area contributed by atoms with Crippen LogP contribution in [-0.2, 0) is 10.3 Å². The Labute approximate surface area is 349 Å². The van der Waals surface area contributed by atoms with Crippen molar-refractivity contribution in [2.24, 2.45) is 0 Å². The van der Waals surface area contributed by atoms with Gasteiger partial charge < -0.3 is 24.8 Å². The molecule has 5 aromatic rings. The number of carbonyl (C=O) groups excluding carboxylic acids is 1. The molecule has 1 aliphatic rings. The molecule has 290 valence electrons. The standard InChI is InChI=1S/C46H44Cl4N2O4/c1-9-51-43-25(3)11-21-33(27(43)5)35(29-13-17-31(54-7)18-14-29)23-46(38-37(45(53)56-46)39(47)41(49)42(50)40(38)48)24-36(30-15-19-32(55-8)20-16-30)34-22-12-26(4)44(28(34)6)52-10-2/h11-24,51-52H,9-10H2,1-8H3. The Morgan fingerprint density at radius 2 is 1.04 bits per heavy atom. The smallest absolute Gasteiger partial charge is 0.341 e. The minimum Gasteiger partial charge on any atom is -0.497 e. The second-order valence-electron chi connectivity index (χ2n) is 13.7. The third-order valence-electron chi connectivity index (χ3n) is 10.3. The molecule has 1 aliphatic heterocycles. The highest BCUT2D eigenvalue weighted by atomic mass is 35.5. The maximum absolute atomic E-state index is 14.3. The van der Waals surface area contributed by atoms with E-state index in [1.165, 1.54) is 0 Å². The van der Waals surface area contributed by atoms with Crippen LogP contribution < -0.4 is 20.1 Å². The van der Waals surface area contributed by atoms with Gasteiger partial charge in [-0.15, -0.1) is 0 Å². The van der Waals surface area contributed by atoms with Gasteiger partial charge in [0.25, 0.3) is 0 Å². The number of rotatable bonds is 12. The van der Waals surface area contributed by atoms with E-state index in [2.05, 4.69) is 76.4 Å². The van der Waals surface area contributed by atoms with E-state index in [-0.39, 0.29) is 31.2 Å². The third-order valence-corrected chi connectivity index (χ3v) is 12.1.